The van der Waals surface area contributed by atoms with Gasteiger partial charge in [-0.3, -0.25) is 4.72 Å². The molecule has 1 unspecified atom stereocenters. The molecule has 2 aliphatic heterocycles. The van der Waals surface area contributed by atoms with Gasteiger partial charge >= 0.3 is 0 Å². The summed E-state index contributed by atoms with van der Waals surface area (Å²) >= 11 is 12.3. The predicted octanol–water partition coefficient (Wildman–Crippen LogP) is 1.23. The molecule has 1 aromatic carbocycles. The summed E-state index contributed by atoms with van der Waals surface area (Å²) in [6.07, 6.45) is 1.13. The van der Waals surface area contributed by atoms with Gasteiger partial charge in [-0.1, -0.05) is 12.2 Å². The van der Waals surface area contributed by atoms with Crippen LogP contribution in [0.15, 0.2) is 23.1 Å². The number of anilines is 2. The second-order valence-electron chi connectivity index (χ2n) is 5.52. The molecule has 10 heteroatoms. The Labute approximate surface area is 150 Å². The average Bonchev–Trinajstić information content (AvgIpc) is 2.73. The van der Waals surface area contributed by atoms with E-state index >= 15 is 0 Å². The van der Waals surface area contributed by atoms with Gasteiger partial charge in [0.05, 0.1) is 35.2 Å². The quantitative estimate of drug-likeness (QED) is 0.746. The fraction of sp³-hybridized carbons (Fsp3) is 0.385. The molecule has 0 aromatic heterocycles. The molecule has 2 aliphatic rings. The van der Waals surface area contributed by atoms with E-state index in [4.69, 9.17) is 30.2 Å². The molecule has 6 nitrogen and oxygen atoms in total. The molecule has 1 saturated heterocycles. The van der Waals surface area contributed by atoms with Crippen LogP contribution in [0.3, 0.4) is 0 Å². The van der Waals surface area contributed by atoms with E-state index in [9.17, 15) is 8.42 Å². The Morgan fingerprint density at radius 3 is 2.91 bits per heavy atom. The summed E-state index contributed by atoms with van der Waals surface area (Å²) in [5.41, 5.74) is 7.10. The van der Waals surface area contributed by atoms with Crippen molar-refractivity contribution in [3.63, 3.8) is 0 Å². The molecule has 124 valence electrons. The van der Waals surface area contributed by atoms with Gasteiger partial charge in [-0.25, -0.2) is 8.42 Å². The van der Waals surface area contributed by atoms with Crippen molar-refractivity contribution in [3.05, 3.63) is 18.2 Å². The number of hydrogen-bond acceptors (Lipinski definition) is 5. The Kier molecular flexibility index (Phi) is 4.43. The molecule has 0 spiro atoms. The van der Waals surface area contributed by atoms with Gasteiger partial charge in [-0.2, -0.15) is 0 Å². The standard InChI is InChI=1S/C13H16N4O2S4/c1-23(18,19)15-8-2-3-11-10(4-8)17-9(7-22-11)5-16(13(17)21)6-12(14)20/h2-4,9,15H,5-7H2,1H3,(H2,14,20). The van der Waals surface area contributed by atoms with Crippen LogP contribution >= 0.6 is 36.2 Å². The van der Waals surface area contributed by atoms with E-state index in [0.29, 0.717) is 22.3 Å². The highest BCUT2D eigenvalue weighted by Gasteiger charge is 2.39. The van der Waals surface area contributed by atoms with Crippen molar-refractivity contribution in [2.45, 2.75) is 10.9 Å². The number of thiocarbonyl (C=S) groups is 2. The molecule has 0 aliphatic carbocycles. The van der Waals surface area contributed by atoms with Crippen molar-refractivity contribution >= 4 is 67.7 Å². The number of thioether (sulfide) groups is 1. The first-order valence-electron chi connectivity index (χ1n) is 6.85. The van der Waals surface area contributed by atoms with Crippen LogP contribution in [-0.4, -0.2) is 54.6 Å². The van der Waals surface area contributed by atoms with Crippen molar-refractivity contribution in [2.24, 2.45) is 5.73 Å². The van der Waals surface area contributed by atoms with Gasteiger partial charge in [0, 0.05) is 17.2 Å². The third-order valence-electron chi connectivity index (χ3n) is 3.57. The van der Waals surface area contributed by atoms with E-state index in [1.807, 2.05) is 17.0 Å². The molecule has 0 amide bonds. The summed E-state index contributed by atoms with van der Waals surface area (Å²) in [6.45, 7) is 1.23. The van der Waals surface area contributed by atoms with Crippen LogP contribution in [0, 0.1) is 0 Å². The van der Waals surface area contributed by atoms with E-state index in [0.717, 1.165) is 29.1 Å². The van der Waals surface area contributed by atoms with E-state index in [1.165, 1.54) is 0 Å². The number of fused-ring (bicyclic) bond motifs is 3. The third kappa shape index (κ3) is 3.54. The Balaban J connectivity index is 1.94. The first kappa shape index (κ1) is 16.7. The number of nitrogens with one attached hydrogen (secondary N) is 1. The molecule has 1 atom stereocenters. The number of sulfonamides is 1. The molecule has 2 heterocycles. The van der Waals surface area contributed by atoms with Crippen molar-refractivity contribution in [2.75, 3.05) is 34.7 Å². The van der Waals surface area contributed by atoms with Gasteiger partial charge in [0.1, 0.15) is 0 Å². The topological polar surface area (TPSA) is 78.7 Å². The molecular weight excluding hydrogens is 372 g/mol. The lowest BCUT2D eigenvalue weighted by molar-refractivity contribution is 0.503. The lowest BCUT2D eigenvalue weighted by Crippen LogP contribution is -2.39. The number of nitrogens with two attached hydrogens (primary N) is 1. The van der Waals surface area contributed by atoms with Crippen LogP contribution in [0.2, 0.25) is 0 Å². The van der Waals surface area contributed by atoms with Crippen LogP contribution in [0.4, 0.5) is 11.4 Å². The molecule has 1 fully saturated rings. The first-order chi connectivity index (χ1) is 10.7. The van der Waals surface area contributed by atoms with E-state index in [1.54, 1.807) is 17.8 Å². The highest BCUT2D eigenvalue weighted by molar-refractivity contribution is 7.99. The minimum Gasteiger partial charge on any atom is -0.392 e. The molecule has 1 aromatic rings. The third-order valence-corrected chi connectivity index (χ3v) is 5.97. The van der Waals surface area contributed by atoms with E-state index in [2.05, 4.69) is 9.62 Å². The zero-order chi connectivity index (χ0) is 16.8. The predicted molar refractivity (Wildman–Crippen MR) is 103 cm³/mol. The fourth-order valence-electron chi connectivity index (χ4n) is 2.76. The van der Waals surface area contributed by atoms with Gasteiger partial charge in [0.25, 0.3) is 0 Å². The number of nitrogens with zero attached hydrogens (tertiary/aromatic N) is 2. The molecule has 0 bridgehead atoms. The van der Waals surface area contributed by atoms with E-state index in [-0.39, 0.29) is 6.04 Å². The Morgan fingerprint density at radius 2 is 2.26 bits per heavy atom. The number of hydrogen-bond donors (Lipinski definition) is 2. The van der Waals surface area contributed by atoms with Crippen molar-refractivity contribution in [1.82, 2.24) is 4.90 Å². The largest absolute Gasteiger partial charge is 0.392 e. The summed E-state index contributed by atoms with van der Waals surface area (Å²) in [7, 11) is -3.32. The van der Waals surface area contributed by atoms with Gasteiger partial charge < -0.3 is 15.5 Å². The lowest BCUT2D eigenvalue weighted by Gasteiger charge is -2.32. The van der Waals surface area contributed by atoms with Gasteiger partial charge in [0.15, 0.2) is 5.11 Å². The molecule has 0 saturated carbocycles. The average molecular weight is 389 g/mol. The second kappa shape index (κ2) is 6.08. The summed E-state index contributed by atoms with van der Waals surface area (Å²) in [5.74, 6) is 0.916. The molecule has 23 heavy (non-hydrogen) atoms. The van der Waals surface area contributed by atoms with Crippen molar-refractivity contribution in [1.29, 1.82) is 0 Å². The summed E-state index contributed by atoms with van der Waals surface area (Å²) in [6, 6.07) is 5.75. The monoisotopic (exact) mass is 388 g/mol. The Hall–Kier alpha value is -1.10. The first-order valence-corrected chi connectivity index (χ1v) is 10.5. The lowest BCUT2D eigenvalue weighted by atomic mass is 10.2. The minimum absolute atomic E-state index is 0.239. The number of benzene rings is 1. The summed E-state index contributed by atoms with van der Waals surface area (Å²) in [4.78, 5) is 5.56. The van der Waals surface area contributed by atoms with Crippen molar-refractivity contribution < 1.29 is 8.42 Å². The zero-order valence-electron chi connectivity index (χ0n) is 12.4. The maximum atomic E-state index is 11.4. The fourth-order valence-corrected chi connectivity index (χ4v) is 4.95. The van der Waals surface area contributed by atoms with Crippen LogP contribution in [0.1, 0.15) is 0 Å². The molecular formula is C13H16N4O2S4. The normalized spacial score (nSPS) is 20.2. The summed E-state index contributed by atoms with van der Waals surface area (Å²) in [5, 5.41) is 0.681. The van der Waals surface area contributed by atoms with Crippen molar-refractivity contribution in [3.8, 4) is 0 Å². The zero-order valence-corrected chi connectivity index (χ0v) is 15.6. The molecule has 0 radical (unpaired) electrons. The van der Waals surface area contributed by atoms with Crippen LogP contribution in [0.5, 0.6) is 0 Å². The number of rotatable bonds is 4. The second-order valence-corrected chi connectivity index (χ2v) is 9.22. The summed E-state index contributed by atoms with van der Waals surface area (Å²) < 4.78 is 25.4. The Morgan fingerprint density at radius 1 is 1.52 bits per heavy atom. The SMILES string of the molecule is CS(=O)(=O)Nc1ccc2c(c1)N1C(=S)N(CC(N)=S)CC1CS2. The van der Waals surface area contributed by atoms with Gasteiger partial charge in [-0.15, -0.1) is 11.8 Å². The van der Waals surface area contributed by atoms with Crippen LogP contribution < -0.4 is 15.4 Å². The highest BCUT2D eigenvalue weighted by Crippen LogP contribution is 2.42. The maximum Gasteiger partial charge on any atom is 0.229 e. The Bertz CT molecular complexity index is 780. The maximum absolute atomic E-state index is 11.4. The van der Waals surface area contributed by atoms with Gasteiger partial charge in [-0.05, 0) is 30.4 Å². The molecule has 3 rings (SSSR count). The van der Waals surface area contributed by atoms with Gasteiger partial charge in [0.2, 0.25) is 10.0 Å². The smallest absolute Gasteiger partial charge is 0.229 e. The molecule has 3 N–H and O–H groups in total. The van der Waals surface area contributed by atoms with Crippen LogP contribution in [-0.2, 0) is 10.0 Å². The minimum atomic E-state index is -3.32. The van der Waals surface area contributed by atoms with E-state index < -0.39 is 10.0 Å². The highest BCUT2D eigenvalue weighted by atomic mass is 32.2. The van der Waals surface area contributed by atoms with Crippen LogP contribution in [0.25, 0.3) is 0 Å².